The van der Waals surface area contributed by atoms with Gasteiger partial charge >= 0.3 is 5.97 Å². The topological polar surface area (TPSA) is 77.8 Å². The van der Waals surface area contributed by atoms with Crippen LogP contribution in [0.2, 0.25) is 0 Å². The molecule has 0 heterocycles. The quantitative estimate of drug-likeness (QED) is 0.195. The van der Waals surface area contributed by atoms with Gasteiger partial charge in [0, 0.05) is 28.2 Å². The first kappa shape index (κ1) is 37.2. The summed E-state index contributed by atoms with van der Waals surface area (Å²) in [6, 6.07) is 15.4. The maximum Gasteiger partial charge on any atom is 0.335 e. The maximum atomic E-state index is 12.3. The highest BCUT2D eigenvalue weighted by Gasteiger charge is 2.36. The van der Waals surface area contributed by atoms with Crippen LogP contribution in [0.15, 0.2) is 48.5 Å². The van der Waals surface area contributed by atoms with E-state index in [1.165, 1.54) is 0 Å². The predicted molar refractivity (Wildman–Crippen MR) is 193 cm³/mol. The van der Waals surface area contributed by atoms with E-state index in [9.17, 15) is 20.1 Å². The highest BCUT2D eigenvalue weighted by molar-refractivity contribution is 5.87. The largest absolute Gasteiger partial charge is 0.507 e. The van der Waals surface area contributed by atoms with E-state index < -0.39 is 11.9 Å². The molecule has 0 aliphatic rings. The van der Waals surface area contributed by atoms with Gasteiger partial charge in [-0.25, -0.2) is 4.79 Å². The number of phenolic OH excluding ortho intramolecular Hbond substituents is 2. The lowest BCUT2D eigenvalue weighted by Gasteiger charge is -2.36. The SMILES string of the molecule is CC(C)c1cc(C(c2ccc(C(=O)O)cc2)c2cc(C(C)C)cc(C(C)(C)CC(C)(C)C)c2O)c(O)c(C(C)(C)CC(C)(C)C)c1. The van der Waals surface area contributed by atoms with Crippen molar-refractivity contribution in [2.75, 3.05) is 0 Å². The Labute approximate surface area is 279 Å². The first-order chi connectivity index (χ1) is 20.8. The van der Waals surface area contributed by atoms with Crippen molar-refractivity contribution in [1.29, 1.82) is 0 Å². The van der Waals surface area contributed by atoms with Crippen molar-refractivity contribution in [3.63, 3.8) is 0 Å². The summed E-state index contributed by atoms with van der Waals surface area (Å²) in [7, 11) is 0. The van der Waals surface area contributed by atoms with Gasteiger partial charge in [0.1, 0.15) is 11.5 Å². The van der Waals surface area contributed by atoms with Crippen molar-refractivity contribution in [1.82, 2.24) is 0 Å². The molecule has 0 aromatic heterocycles. The van der Waals surface area contributed by atoms with Crippen LogP contribution in [-0.2, 0) is 10.8 Å². The molecule has 0 bridgehead atoms. The van der Waals surface area contributed by atoms with Crippen molar-refractivity contribution in [2.45, 2.75) is 138 Å². The Morgan fingerprint density at radius 3 is 1.22 bits per heavy atom. The summed E-state index contributed by atoms with van der Waals surface area (Å²) < 4.78 is 0. The Balaban J connectivity index is 2.52. The Bertz CT molecular complexity index is 1450. The van der Waals surface area contributed by atoms with E-state index in [1.807, 2.05) is 12.1 Å². The molecule has 0 spiro atoms. The molecule has 0 aliphatic carbocycles. The fraction of sp³-hybridized carbons (Fsp3) is 0.548. The van der Waals surface area contributed by atoms with E-state index >= 15 is 0 Å². The third-order valence-electron chi connectivity index (χ3n) is 9.17. The molecule has 3 N–H and O–H groups in total. The van der Waals surface area contributed by atoms with Crippen molar-refractivity contribution in [3.05, 3.63) is 93.0 Å². The van der Waals surface area contributed by atoms with Gasteiger partial charge < -0.3 is 15.3 Å². The molecule has 0 aliphatic heterocycles. The van der Waals surface area contributed by atoms with Crippen molar-refractivity contribution >= 4 is 5.97 Å². The van der Waals surface area contributed by atoms with Crippen LogP contribution in [-0.4, -0.2) is 21.3 Å². The predicted octanol–water partition coefficient (Wildman–Crippen LogP) is 11.7. The zero-order chi connectivity index (χ0) is 35.2. The molecule has 0 amide bonds. The Hall–Kier alpha value is -3.27. The average molecular weight is 629 g/mol. The second kappa shape index (κ2) is 13.1. The first-order valence-electron chi connectivity index (χ1n) is 16.9. The van der Waals surface area contributed by atoms with Crippen LogP contribution in [0.5, 0.6) is 11.5 Å². The van der Waals surface area contributed by atoms with E-state index in [4.69, 9.17) is 0 Å². The lowest BCUT2D eigenvalue weighted by atomic mass is 9.69. The van der Waals surface area contributed by atoms with E-state index in [2.05, 4.69) is 121 Å². The number of aromatic hydroxyl groups is 2. The van der Waals surface area contributed by atoms with Crippen molar-refractivity contribution in [2.24, 2.45) is 10.8 Å². The standard InChI is InChI=1S/C42H60O4/c1-25(2)29-19-31(36(43)33(21-29)41(11,12)23-39(5,6)7)35(27-15-17-28(18-16-27)38(45)46)32-20-30(26(3)4)22-34(37(32)44)42(13,14)24-40(8,9)10/h15-22,25-26,35,43-44H,23-24H2,1-14H3,(H,45,46). The lowest BCUT2D eigenvalue weighted by Crippen LogP contribution is -2.26. The van der Waals surface area contributed by atoms with Gasteiger partial charge in [0.25, 0.3) is 0 Å². The minimum Gasteiger partial charge on any atom is -0.507 e. The number of aromatic carboxylic acids is 1. The van der Waals surface area contributed by atoms with Gasteiger partial charge in [-0.2, -0.15) is 0 Å². The van der Waals surface area contributed by atoms with Crippen molar-refractivity contribution in [3.8, 4) is 11.5 Å². The number of carboxylic acid groups (broad SMARTS) is 1. The molecule has 0 atom stereocenters. The second-order valence-corrected chi connectivity index (χ2v) is 17.9. The molecule has 3 rings (SSSR count). The van der Waals surface area contributed by atoms with Gasteiger partial charge in [0.2, 0.25) is 0 Å². The first-order valence-corrected chi connectivity index (χ1v) is 16.9. The number of rotatable bonds is 10. The van der Waals surface area contributed by atoms with Gasteiger partial charge in [0.05, 0.1) is 5.56 Å². The molecule has 252 valence electrons. The summed E-state index contributed by atoms with van der Waals surface area (Å²) in [6.45, 7) is 30.8. The minimum atomic E-state index is -0.991. The molecule has 0 unspecified atom stereocenters. The van der Waals surface area contributed by atoms with Crippen LogP contribution in [0.3, 0.4) is 0 Å². The van der Waals surface area contributed by atoms with Crippen LogP contribution >= 0.6 is 0 Å². The number of phenols is 2. The zero-order valence-corrected chi connectivity index (χ0v) is 31.0. The maximum absolute atomic E-state index is 12.3. The minimum absolute atomic E-state index is 0.0351. The molecule has 3 aromatic rings. The molecule has 3 aromatic carbocycles. The number of carboxylic acids is 1. The highest BCUT2D eigenvalue weighted by Crippen LogP contribution is 2.51. The molecule has 4 heteroatoms. The lowest BCUT2D eigenvalue weighted by molar-refractivity contribution is 0.0696. The third-order valence-corrected chi connectivity index (χ3v) is 9.17. The van der Waals surface area contributed by atoms with E-state index in [0.717, 1.165) is 51.8 Å². The zero-order valence-electron chi connectivity index (χ0n) is 31.0. The van der Waals surface area contributed by atoms with Gasteiger partial charge in [-0.1, -0.05) is 133 Å². The second-order valence-electron chi connectivity index (χ2n) is 17.9. The molecule has 0 saturated heterocycles. The van der Waals surface area contributed by atoms with Crippen LogP contribution < -0.4 is 0 Å². The normalized spacial score (nSPS) is 13.2. The highest BCUT2D eigenvalue weighted by atomic mass is 16.4. The van der Waals surface area contributed by atoms with Gasteiger partial charge in [-0.15, -0.1) is 0 Å². The Kier molecular flexibility index (Phi) is 10.6. The Morgan fingerprint density at radius 1 is 0.587 bits per heavy atom. The summed E-state index contributed by atoms with van der Waals surface area (Å²) in [4.78, 5) is 11.8. The number of hydrogen-bond acceptors (Lipinski definition) is 3. The summed E-state index contributed by atoms with van der Waals surface area (Å²) in [5, 5.41) is 34.4. The summed E-state index contributed by atoms with van der Waals surface area (Å²) in [5.41, 5.74) is 5.88. The molecule has 0 radical (unpaired) electrons. The number of carbonyl (C=O) groups is 1. The molecular weight excluding hydrogens is 568 g/mol. The van der Waals surface area contributed by atoms with E-state index in [-0.39, 0.29) is 50.6 Å². The number of hydrogen-bond donors (Lipinski definition) is 3. The van der Waals surface area contributed by atoms with E-state index in [0.29, 0.717) is 0 Å². The summed E-state index contributed by atoms with van der Waals surface area (Å²) in [5.74, 6) is -0.652. The fourth-order valence-corrected chi connectivity index (χ4v) is 7.69. The summed E-state index contributed by atoms with van der Waals surface area (Å²) >= 11 is 0. The van der Waals surface area contributed by atoms with Crippen LogP contribution in [0.4, 0.5) is 0 Å². The van der Waals surface area contributed by atoms with Crippen LogP contribution in [0.1, 0.15) is 177 Å². The van der Waals surface area contributed by atoms with Gasteiger partial charge in [-0.3, -0.25) is 0 Å². The van der Waals surface area contributed by atoms with Crippen molar-refractivity contribution < 1.29 is 20.1 Å². The summed E-state index contributed by atoms with van der Waals surface area (Å²) in [6.07, 6.45) is 1.73. The van der Waals surface area contributed by atoms with Gasteiger partial charge in [-0.05, 0) is 75.2 Å². The average Bonchev–Trinajstić information content (AvgIpc) is 2.87. The van der Waals surface area contributed by atoms with Gasteiger partial charge in [0.15, 0.2) is 0 Å². The van der Waals surface area contributed by atoms with Crippen LogP contribution in [0.25, 0.3) is 0 Å². The van der Waals surface area contributed by atoms with E-state index in [1.54, 1.807) is 12.1 Å². The molecule has 46 heavy (non-hydrogen) atoms. The molecular formula is C42H60O4. The Morgan fingerprint density at radius 2 is 0.935 bits per heavy atom. The molecule has 4 nitrogen and oxygen atoms in total. The molecule has 0 fully saturated rings. The fourth-order valence-electron chi connectivity index (χ4n) is 7.69. The monoisotopic (exact) mass is 628 g/mol. The molecule has 0 saturated carbocycles. The number of benzene rings is 3. The third kappa shape index (κ3) is 8.55. The smallest absolute Gasteiger partial charge is 0.335 e. The van der Waals surface area contributed by atoms with Crippen LogP contribution in [0, 0.1) is 10.8 Å².